The molecule has 1 aromatic carbocycles. The maximum atomic E-state index is 5.93. The first-order chi connectivity index (χ1) is 20.8. The lowest BCUT2D eigenvalue weighted by atomic mass is 9.93. The Kier molecular flexibility index (Phi) is 11.3. The fraction of sp³-hybridized carbons (Fsp3) is 0.200. The number of nitrogen functional groups attached to an aromatic ring is 1. The highest BCUT2D eigenvalue weighted by molar-refractivity contribution is 5.53. The number of H-pyrrole nitrogens is 1. The minimum Gasteiger partial charge on any atom is -0.474 e. The summed E-state index contributed by atoms with van der Waals surface area (Å²) < 4.78 is 13.2. The van der Waals surface area contributed by atoms with Crippen LogP contribution in [-0.2, 0) is 5.41 Å². The molecule has 0 saturated heterocycles. The molecule has 8 nitrogen and oxygen atoms in total. The Labute approximate surface area is 251 Å². The Hall–Kier alpha value is -6.70. The van der Waals surface area contributed by atoms with Crippen LogP contribution in [0.3, 0.4) is 0 Å². The second kappa shape index (κ2) is 15.8. The van der Waals surface area contributed by atoms with Crippen LogP contribution in [0.1, 0.15) is 45.3 Å². The molecule has 1 atom stereocenters. The zero-order valence-electron chi connectivity index (χ0n) is 23.9. The number of benzene rings is 1. The molecule has 0 saturated carbocycles. The first kappa shape index (κ1) is 30.8. The van der Waals surface area contributed by atoms with E-state index in [1.54, 1.807) is 18.2 Å². The van der Waals surface area contributed by atoms with Crippen molar-refractivity contribution < 1.29 is 9.47 Å². The van der Waals surface area contributed by atoms with Crippen LogP contribution in [0.15, 0.2) is 24.3 Å². The molecule has 0 radical (unpaired) electrons. The average Bonchev–Trinajstić information content (AvgIpc) is 3.57. The molecule has 0 bridgehead atoms. The van der Waals surface area contributed by atoms with E-state index in [-0.39, 0.29) is 18.2 Å². The number of rotatable bonds is 6. The predicted octanol–water partition coefficient (Wildman–Crippen LogP) is 2.62. The van der Waals surface area contributed by atoms with Gasteiger partial charge in [-0.1, -0.05) is 20.8 Å². The number of anilines is 1. The number of nitrogens with one attached hydrogen (secondary N) is 2. The lowest BCUT2D eigenvalue weighted by molar-refractivity contribution is 0.256. The van der Waals surface area contributed by atoms with Crippen molar-refractivity contribution in [1.82, 2.24) is 25.1 Å². The molecule has 2 heterocycles. The smallest absolute Gasteiger partial charge is 0.182 e. The number of nitrogens with zero attached hydrogens (tertiary/aromatic N) is 3. The molecule has 0 spiro atoms. The van der Waals surface area contributed by atoms with Crippen molar-refractivity contribution in [3.63, 3.8) is 0 Å². The normalized spacial score (nSPS) is 9.47. The second-order valence-corrected chi connectivity index (χ2v) is 9.32. The van der Waals surface area contributed by atoms with Crippen LogP contribution in [0.25, 0.3) is 5.65 Å². The molecule has 8 heteroatoms. The zero-order chi connectivity index (χ0) is 30.9. The van der Waals surface area contributed by atoms with Gasteiger partial charge in [-0.2, -0.15) is 0 Å². The molecule has 1 unspecified atom stereocenters. The third-order valence-corrected chi connectivity index (χ3v) is 5.16. The van der Waals surface area contributed by atoms with Crippen molar-refractivity contribution in [3.8, 4) is 119 Å². The van der Waals surface area contributed by atoms with Crippen LogP contribution >= 0.6 is 0 Å². The standard InChI is InChI=1S/C35H24N6O2/c1-6-7-8-9-10-11-12-13-14-15-16-17-18-19-20-21-24-42-30-23-22-29(36)25-31(30)43-27-37-28(2)34-39-38-33-26-32(35(3,4)5)40-41(33)34/h1,22-23,25-26,28,37,40H,27,36H2,2-5H3. The van der Waals surface area contributed by atoms with Gasteiger partial charge in [0, 0.05) is 76.3 Å². The zero-order valence-corrected chi connectivity index (χ0v) is 23.9. The van der Waals surface area contributed by atoms with Crippen LogP contribution in [0.2, 0.25) is 0 Å². The van der Waals surface area contributed by atoms with Gasteiger partial charge < -0.3 is 15.2 Å². The van der Waals surface area contributed by atoms with Gasteiger partial charge in [-0.05, 0) is 66.4 Å². The average molecular weight is 561 g/mol. The summed E-state index contributed by atoms with van der Waals surface area (Å²) in [5, 5.41) is 15.2. The highest BCUT2D eigenvalue weighted by Crippen LogP contribution is 2.29. The van der Waals surface area contributed by atoms with Crippen molar-refractivity contribution in [2.75, 3.05) is 12.5 Å². The van der Waals surface area contributed by atoms with E-state index in [4.69, 9.17) is 21.6 Å². The van der Waals surface area contributed by atoms with Crippen molar-refractivity contribution >= 4 is 11.3 Å². The molecule has 0 aliphatic rings. The number of terminal acetylenes is 1. The molecule has 0 amide bonds. The van der Waals surface area contributed by atoms with Crippen molar-refractivity contribution in [1.29, 1.82) is 0 Å². The molecule has 3 rings (SSSR count). The van der Waals surface area contributed by atoms with E-state index in [9.17, 15) is 0 Å². The topological polar surface area (TPSA) is 102 Å². The van der Waals surface area contributed by atoms with E-state index in [0.29, 0.717) is 17.2 Å². The predicted molar refractivity (Wildman–Crippen MR) is 166 cm³/mol. The lowest BCUT2D eigenvalue weighted by Gasteiger charge is -2.16. The van der Waals surface area contributed by atoms with Crippen molar-refractivity contribution in [2.45, 2.75) is 39.2 Å². The van der Waals surface area contributed by atoms with Gasteiger partial charge in [-0.3, -0.25) is 10.4 Å². The van der Waals surface area contributed by atoms with Gasteiger partial charge in [-0.15, -0.1) is 16.6 Å². The molecule has 0 aliphatic carbocycles. The van der Waals surface area contributed by atoms with Crippen LogP contribution in [0.4, 0.5) is 5.69 Å². The van der Waals surface area contributed by atoms with E-state index in [1.807, 2.05) is 17.5 Å². The number of aromatic amines is 1. The van der Waals surface area contributed by atoms with Gasteiger partial charge in [0.15, 0.2) is 23.0 Å². The maximum absolute atomic E-state index is 5.93. The molecule has 206 valence electrons. The lowest BCUT2D eigenvalue weighted by Crippen LogP contribution is -2.25. The summed E-state index contributed by atoms with van der Waals surface area (Å²) in [7, 11) is 0. The minimum atomic E-state index is -0.168. The summed E-state index contributed by atoms with van der Waals surface area (Å²) in [6, 6.07) is 6.81. The van der Waals surface area contributed by atoms with E-state index in [1.165, 1.54) is 0 Å². The van der Waals surface area contributed by atoms with Gasteiger partial charge in [0.1, 0.15) is 12.8 Å². The van der Waals surface area contributed by atoms with Crippen LogP contribution < -0.4 is 20.5 Å². The quantitative estimate of drug-likeness (QED) is 0.244. The number of ether oxygens (including phenoxy) is 2. The fourth-order valence-corrected chi connectivity index (χ4v) is 3.07. The molecular weight excluding hydrogens is 536 g/mol. The van der Waals surface area contributed by atoms with E-state index < -0.39 is 0 Å². The van der Waals surface area contributed by atoms with Gasteiger partial charge >= 0.3 is 0 Å². The van der Waals surface area contributed by atoms with Gasteiger partial charge in [0.25, 0.3) is 0 Å². The molecular formula is C35H24N6O2. The van der Waals surface area contributed by atoms with Gasteiger partial charge in [0.05, 0.1) is 6.04 Å². The van der Waals surface area contributed by atoms with E-state index in [2.05, 4.69) is 142 Å². The van der Waals surface area contributed by atoms with E-state index in [0.717, 1.165) is 17.2 Å². The number of fused-ring (bicyclic) bond motifs is 1. The SMILES string of the molecule is C#CC#CC#CC#CC#CC#CC#CC#CC#COc1ccc(N)cc1OCNC(C)c1nnc2cc(C(C)(C)C)[nH]n12. The number of hydrogen-bond donors (Lipinski definition) is 3. The molecule has 0 aliphatic heterocycles. The number of nitrogens with two attached hydrogens (primary N) is 1. The summed E-state index contributed by atoms with van der Waals surface area (Å²) >= 11 is 0. The van der Waals surface area contributed by atoms with Crippen LogP contribution in [0.5, 0.6) is 11.5 Å². The molecule has 43 heavy (non-hydrogen) atoms. The van der Waals surface area contributed by atoms with Crippen LogP contribution in [-0.4, -0.2) is 26.5 Å². The molecule has 0 fully saturated rings. The van der Waals surface area contributed by atoms with Crippen LogP contribution in [0, 0.1) is 107 Å². The Bertz CT molecular complexity index is 2060. The third-order valence-electron chi connectivity index (χ3n) is 5.16. The van der Waals surface area contributed by atoms with Crippen molar-refractivity contribution in [3.05, 3.63) is 35.8 Å². The van der Waals surface area contributed by atoms with E-state index >= 15 is 0 Å². The summed E-state index contributed by atoms with van der Waals surface area (Å²) in [5.74, 6) is 41.1. The maximum Gasteiger partial charge on any atom is 0.182 e. The Morgan fingerprint density at radius 3 is 2.02 bits per heavy atom. The first-order valence-electron chi connectivity index (χ1n) is 12.6. The first-order valence-corrected chi connectivity index (χ1v) is 12.6. The fourth-order valence-electron chi connectivity index (χ4n) is 3.07. The monoisotopic (exact) mass is 560 g/mol. The number of hydrogen-bond acceptors (Lipinski definition) is 6. The summed E-state index contributed by atoms with van der Waals surface area (Å²) in [6.07, 6.45) is 7.46. The Morgan fingerprint density at radius 1 is 0.860 bits per heavy atom. The highest BCUT2D eigenvalue weighted by atomic mass is 16.5. The molecule has 2 aromatic heterocycles. The summed E-state index contributed by atoms with van der Waals surface area (Å²) in [6.45, 7) is 8.51. The van der Waals surface area contributed by atoms with Crippen molar-refractivity contribution in [2.24, 2.45) is 0 Å². The second-order valence-electron chi connectivity index (χ2n) is 9.32. The summed E-state index contributed by atoms with van der Waals surface area (Å²) in [5.41, 5.74) is 8.22. The minimum absolute atomic E-state index is 0.0408. The highest BCUT2D eigenvalue weighted by Gasteiger charge is 2.21. The molecule has 4 N–H and O–H groups in total. The third kappa shape index (κ3) is 10.1. The largest absolute Gasteiger partial charge is 0.474 e. The van der Waals surface area contributed by atoms with Gasteiger partial charge in [-0.25, -0.2) is 4.52 Å². The number of aromatic nitrogens is 4. The molecule has 3 aromatic rings. The Morgan fingerprint density at radius 2 is 1.44 bits per heavy atom. The Balaban J connectivity index is 1.52. The summed E-state index contributed by atoms with van der Waals surface area (Å²) in [4.78, 5) is 0. The van der Waals surface area contributed by atoms with Gasteiger partial charge in [0.2, 0.25) is 0 Å².